The highest BCUT2D eigenvalue weighted by Gasteiger charge is 2.49. The summed E-state index contributed by atoms with van der Waals surface area (Å²) in [5, 5.41) is 0. The monoisotopic (exact) mass is 239 g/mol. The van der Waals surface area contributed by atoms with Gasteiger partial charge in [0.05, 0.1) is 0 Å². The molecule has 1 heteroatoms. The van der Waals surface area contributed by atoms with E-state index in [4.69, 9.17) is 5.73 Å². The molecule has 1 atom stereocenters. The van der Waals surface area contributed by atoms with Gasteiger partial charge in [-0.3, -0.25) is 0 Å². The molecule has 1 spiro atoms. The molecule has 3 rings (SSSR count). The number of nitrogens with two attached hydrogens (primary N) is 1. The smallest absolute Gasteiger partial charge is 0.0142 e. The Balaban J connectivity index is 1.97. The number of benzene rings is 1. The van der Waals surface area contributed by atoms with Crippen LogP contribution in [0.1, 0.15) is 37.7 Å². The summed E-state index contributed by atoms with van der Waals surface area (Å²) in [4.78, 5) is 0. The molecule has 0 bridgehead atoms. The van der Waals surface area contributed by atoms with Gasteiger partial charge < -0.3 is 5.73 Å². The molecular weight excluding hydrogens is 218 g/mol. The summed E-state index contributed by atoms with van der Waals surface area (Å²) in [5.74, 6) is 0.567. The van der Waals surface area contributed by atoms with Crippen LogP contribution in [0.3, 0.4) is 0 Å². The number of allylic oxidation sites excluding steroid dienone is 3. The average Bonchev–Trinajstić information content (AvgIpc) is 3.19. The molecule has 0 unspecified atom stereocenters. The van der Waals surface area contributed by atoms with E-state index in [1.54, 1.807) is 0 Å². The predicted molar refractivity (Wildman–Crippen MR) is 76.4 cm³/mol. The summed E-state index contributed by atoms with van der Waals surface area (Å²) in [6.45, 7) is 2.90. The van der Waals surface area contributed by atoms with Gasteiger partial charge in [0.1, 0.15) is 0 Å². The van der Waals surface area contributed by atoms with E-state index >= 15 is 0 Å². The lowest BCUT2D eigenvalue weighted by atomic mass is 9.80. The molecule has 1 fully saturated rings. The highest BCUT2D eigenvalue weighted by atomic mass is 14.6. The number of rotatable bonds is 2. The first-order valence-corrected chi connectivity index (χ1v) is 6.87. The molecule has 0 amide bonds. The Morgan fingerprint density at radius 2 is 1.94 bits per heavy atom. The Morgan fingerprint density at radius 1 is 1.22 bits per heavy atom. The van der Waals surface area contributed by atoms with E-state index in [9.17, 15) is 0 Å². The maximum atomic E-state index is 5.90. The first-order chi connectivity index (χ1) is 8.75. The Hall–Kier alpha value is -1.34. The van der Waals surface area contributed by atoms with Crippen molar-refractivity contribution in [1.82, 2.24) is 0 Å². The lowest BCUT2D eigenvalue weighted by Crippen LogP contribution is -2.15. The summed E-state index contributed by atoms with van der Waals surface area (Å²) < 4.78 is 0. The van der Waals surface area contributed by atoms with Gasteiger partial charge in [-0.1, -0.05) is 53.6 Å². The molecule has 94 valence electrons. The highest BCUT2D eigenvalue weighted by Crippen LogP contribution is 2.61. The molecule has 1 aromatic rings. The van der Waals surface area contributed by atoms with Crippen LogP contribution in [-0.4, -0.2) is 6.54 Å². The van der Waals surface area contributed by atoms with Gasteiger partial charge in [-0.25, -0.2) is 0 Å². The second-order valence-corrected chi connectivity index (χ2v) is 5.78. The molecule has 0 heterocycles. The average molecular weight is 239 g/mol. The van der Waals surface area contributed by atoms with Gasteiger partial charge in [-0.2, -0.15) is 0 Å². The molecule has 1 nitrogen and oxygen atoms in total. The van der Waals surface area contributed by atoms with Crippen molar-refractivity contribution in [3.8, 4) is 0 Å². The normalized spacial score (nSPS) is 25.3. The lowest BCUT2D eigenvalue weighted by molar-refractivity contribution is 0.451. The van der Waals surface area contributed by atoms with Gasteiger partial charge in [0.25, 0.3) is 0 Å². The fourth-order valence-electron chi connectivity index (χ4n) is 3.24. The third kappa shape index (κ3) is 1.93. The Morgan fingerprint density at radius 3 is 2.56 bits per heavy atom. The maximum Gasteiger partial charge on any atom is 0.0142 e. The van der Waals surface area contributed by atoms with Crippen molar-refractivity contribution >= 4 is 0 Å². The third-order valence-electron chi connectivity index (χ3n) is 4.62. The lowest BCUT2D eigenvalue weighted by Gasteiger charge is -2.24. The molecule has 18 heavy (non-hydrogen) atoms. The Bertz CT molecular complexity index is 492. The maximum absolute atomic E-state index is 5.90. The summed E-state index contributed by atoms with van der Waals surface area (Å²) >= 11 is 0. The molecule has 0 saturated heterocycles. The van der Waals surface area contributed by atoms with Crippen molar-refractivity contribution in [2.45, 2.75) is 32.1 Å². The SMILES string of the molecule is CC1=C(CN)CC2(CC2)[C@@H](c2ccccc2)C=C1. The van der Waals surface area contributed by atoms with Crippen LogP contribution in [0.15, 0.2) is 53.6 Å². The second kappa shape index (κ2) is 4.40. The standard InChI is InChI=1S/C17H21N/c1-13-7-8-16(14-5-3-2-4-6-14)17(9-10-17)11-15(13)12-18/h2-8,16H,9-12,18H2,1H3/t16-/m1/s1. The minimum atomic E-state index is 0.463. The summed E-state index contributed by atoms with van der Waals surface area (Å²) in [6.07, 6.45) is 8.55. The van der Waals surface area contributed by atoms with E-state index in [1.165, 1.54) is 36.0 Å². The topological polar surface area (TPSA) is 26.0 Å². The quantitative estimate of drug-likeness (QED) is 0.835. The highest BCUT2D eigenvalue weighted by molar-refractivity contribution is 5.38. The molecule has 0 radical (unpaired) electrons. The van der Waals surface area contributed by atoms with Crippen LogP contribution in [0, 0.1) is 5.41 Å². The van der Waals surface area contributed by atoms with Crippen molar-refractivity contribution in [3.63, 3.8) is 0 Å². The molecular formula is C17H21N. The molecule has 0 aromatic heterocycles. The Kier molecular flexibility index (Phi) is 2.87. The van der Waals surface area contributed by atoms with E-state index in [2.05, 4.69) is 49.4 Å². The van der Waals surface area contributed by atoms with E-state index in [0.717, 1.165) is 0 Å². The first kappa shape index (κ1) is 11.7. The van der Waals surface area contributed by atoms with Gasteiger partial charge in [0.15, 0.2) is 0 Å². The van der Waals surface area contributed by atoms with Gasteiger partial charge in [0.2, 0.25) is 0 Å². The Labute approximate surface area is 109 Å². The van der Waals surface area contributed by atoms with Crippen molar-refractivity contribution < 1.29 is 0 Å². The third-order valence-corrected chi connectivity index (χ3v) is 4.62. The van der Waals surface area contributed by atoms with E-state index in [-0.39, 0.29) is 0 Å². The van der Waals surface area contributed by atoms with Crippen LogP contribution < -0.4 is 5.73 Å². The fraction of sp³-hybridized carbons (Fsp3) is 0.412. The van der Waals surface area contributed by atoms with Crippen LogP contribution in [0.25, 0.3) is 0 Å². The van der Waals surface area contributed by atoms with Crippen molar-refractivity contribution in [3.05, 3.63) is 59.2 Å². The fourth-order valence-corrected chi connectivity index (χ4v) is 3.24. The van der Waals surface area contributed by atoms with Crippen molar-refractivity contribution in [1.29, 1.82) is 0 Å². The van der Waals surface area contributed by atoms with Crippen molar-refractivity contribution in [2.75, 3.05) is 6.54 Å². The number of hydrogen-bond donors (Lipinski definition) is 1. The van der Waals surface area contributed by atoms with Gasteiger partial charge in [0, 0.05) is 12.5 Å². The molecule has 1 saturated carbocycles. The zero-order chi connectivity index (χ0) is 12.6. The zero-order valence-corrected chi connectivity index (χ0v) is 11.0. The van der Waals surface area contributed by atoms with E-state index < -0.39 is 0 Å². The summed E-state index contributed by atoms with van der Waals surface area (Å²) in [7, 11) is 0. The van der Waals surface area contributed by atoms with Gasteiger partial charge >= 0.3 is 0 Å². The van der Waals surface area contributed by atoms with Crippen LogP contribution in [0.5, 0.6) is 0 Å². The van der Waals surface area contributed by atoms with Crippen molar-refractivity contribution in [2.24, 2.45) is 11.1 Å². The van der Waals surface area contributed by atoms with Crippen LogP contribution in [-0.2, 0) is 0 Å². The largest absolute Gasteiger partial charge is 0.327 e. The molecule has 2 aliphatic rings. The van der Waals surface area contributed by atoms with E-state index in [1.807, 2.05) is 0 Å². The molecule has 2 N–H and O–H groups in total. The zero-order valence-electron chi connectivity index (χ0n) is 11.0. The number of hydrogen-bond acceptors (Lipinski definition) is 1. The minimum Gasteiger partial charge on any atom is -0.327 e. The van der Waals surface area contributed by atoms with Crippen LogP contribution in [0.4, 0.5) is 0 Å². The predicted octanol–water partition coefficient (Wildman–Crippen LogP) is 3.79. The van der Waals surface area contributed by atoms with Gasteiger partial charge in [-0.15, -0.1) is 0 Å². The molecule has 2 aliphatic carbocycles. The van der Waals surface area contributed by atoms with Crippen LogP contribution in [0.2, 0.25) is 0 Å². The minimum absolute atomic E-state index is 0.463. The first-order valence-electron chi connectivity index (χ1n) is 6.87. The second-order valence-electron chi connectivity index (χ2n) is 5.78. The summed E-state index contributed by atoms with van der Waals surface area (Å²) in [5.41, 5.74) is 10.6. The summed E-state index contributed by atoms with van der Waals surface area (Å²) in [6, 6.07) is 10.9. The molecule has 0 aliphatic heterocycles. The molecule has 1 aromatic carbocycles. The van der Waals surface area contributed by atoms with Crippen LogP contribution >= 0.6 is 0 Å². The van der Waals surface area contributed by atoms with Gasteiger partial charge in [-0.05, 0) is 37.2 Å². The van der Waals surface area contributed by atoms with E-state index in [0.29, 0.717) is 17.9 Å².